The molecule has 1 saturated carbocycles. The number of hydrogen-bond donors (Lipinski definition) is 2. The van der Waals surface area contributed by atoms with E-state index in [1.165, 1.54) is 12.8 Å². The Bertz CT molecular complexity index is 467. The number of hydrogen-bond acceptors (Lipinski definition) is 4. The van der Waals surface area contributed by atoms with Crippen molar-refractivity contribution < 1.29 is 9.90 Å². The molecule has 1 fully saturated rings. The fourth-order valence-electron chi connectivity index (χ4n) is 1.66. The first kappa shape index (κ1) is 12.8. The van der Waals surface area contributed by atoms with E-state index in [1.54, 1.807) is 6.20 Å². The van der Waals surface area contributed by atoms with Gasteiger partial charge in [-0.2, -0.15) is 0 Å². The number of carboxylic acids is 1. The van der Waals surface area contributed by atoms with Crippen molar-refractivity contribution in [3.63, 3.8) is 0 Å². The molecule has 98 valence electrons. The van der Waals surface area contributed by atoms with E-state index in [2.05, 4.69) is 22.2 Å². The van der Waals surface area contributed by atoms with Gasteiger partial charge < -0.3 is 10.4 Å². The molecule has 0 aromatic carbocycles. The molecule has 1 aliphatic rings. The lowest BCUT2D eigenvalue weighted by molar-refractivity contribution is 0.0691. The van der Waals surface area contributed by atoms with Crippen LogP contribution in [-0.2, 0) is 0 Å². The van der Waals surface area contributed by atoms with Crippen molar-refractivity contribution in [2.75, 3.05) is 11.9 Å². The minimum atomic E-state index is -1.01. The summed E-state index contributed by atoms with van der Waals surface area (Å²) in [6.45, 7) is 6.85. The van der Waals surface area contributed by atoms with Gasteiger partial charge in [-0.05, 0) is 18.3 Å². The van der Waals surface area contributed by atoms with Crippen molar-refractivity contribution in [2.45, 2.75) is 39.5 Å². The Morgan fingerprint density at radius 1 is 1.56 bits per heavy atom. The van der Waals surface area contributed by atoms with E-state index < -0.39 is 5.97 Å². The molecular formula is C13H19N3O2. The fraction of sp³-hybridized carbons (Fsp3) is 0.615. The summed E-state index contributed by atoms with van der Waals surface area (Å²) in [6, 6.07) is 0. The Hall–Kier alpha value is -1.65. The zero-order valence-electron chi connectivity index (χ0n) is 11.0. The van der Waals surface area contributed by atoms with Crippen LogP contribution < -0.4 is 5.32 Å². The van der Waals surface area contributed by atoms with Crippen molar-refractivity contribution in [1.82, 2.24) is 9.97 Å². The predicted octanol–water partition coefficient (Wildman–Crippen LogP) is 2.51. The van der Waals surface area contributed by atoms with Crippen molar-refractivity contribution in [3.8, 4) is 0 Å². The van der Waals surface area contributed by atoms with Gasteiger partial charge >= 0.3 is 5.97 Å². The molecule has 5 nitrogen and oxygen atoms in total. The van der Waals surface area contributed by atoms with Crippen LogP contribution in [0.4, 0.5) is 5.69 Å². The summed E-state index contributed by atoms with van der Waals surface area (Å²) in [5, 5.41) is 12.3. The Kier molecular flexibility index (Phi) is 3.24. The summed E-state index contributed by atoms with van der Waals surface area (Å²) < 4.78 is 0. The Morgan fingerprint density at radius 2 is 2.22 bits per heavy atom. The first-order chi connectivity index (χ1) is 8.41. The molecule has 0 aliphatic heterocycles. The van der Waals surface area contributed by atoms with Gasteiger partial charge in [0.05, 0.1) is 11.9 Å². The highest BCUT2D eigenvalue weighted by atomic mass is 16.4. The first-order valence-corrected chi connectivity index (χ1v) is 6.25. The first-order valence-electron chi connectivity index (χ1n) is 6.25. The summed E-state index contributed by atoms with van der Waals surface area (Å²) >= 11 is 0. The number of carbonyl (C=O) groups is 1. The van der Waals surface area contributed by atoms with Gasteiger partial charge in [-0.3, -0.25) is 0 Å². The molecule has 0 saturated heterocycles. The Balaban J connectivity index is 2.20. The van der Waals surface area contributed by atoms with Crippen LogP contribution in [0.5, 0.6) is 0 Å². The van der Waals surface area contributed by atoms with Gasteiger partial charge in [0.25, 0.3) is 0 Å². The van der Waals surface area contributed by atoms with Crippen molar-refractivity contribution in [3.05, 3.63) is 17.7 Å². The zero-order chi connectivity index (χ0) is 13.3. The van der Waals surface area contributed by atoms with Gasteiger partial charge in [0.15, 0.2) is 5.69 Å². The van der Waals surface area contributed by atoms with Crippen LogP contribution in [0, 0.1) is 5.41 Å². The van der Waals surface area contributed by atoms with E-state index in [0.29, 0.717) is 16.9 Å². The van der Waals surface area contributed by atoms with Gasteiger partial charge in [-0.15, -0.1) is 0 Å². The molecule has 0 radical (unpaired) electrons. The second kappa shape index (κ2) is 4.55. The molecule has 0 amide bonds. The molecule has 18 heavy (non-hydrogen) atoms. The molecule has 2 N–H and O–H groups in total. The van der Waals surface area contributed by atoms with E-state index in [0.717, 1.165) is 6.54 Å². The second-order valence-electron chi connectivity index (χ2n) is 5.61. The molecule has 1 aliphatic carbocycles. The molecule has 1 aromatic rings. The lowest BCUT2D eigenvalue weighted by atomic mass is 10.1. The third kappa shape index (κ3) is 2.78. The molecular weight excluding hydrogens is 230 g/mol. The lowest BCUT2D eigenvalue weighted by Gasteiger charge is -2.14. The number of aromatic nitrogens is 2. The minimum Gasteiger partial charge on any atom is -0.476 e. The summed E-state index contributed by atoms with van der Waals surface area (Å²) in [7, 11) is 0. The minimum absolute atomic E-state index is 0.0675. The maximum absolute atomic E-state index is 11.2. The summed E-state index contributed by atoms with van der Waals surface area (Å²) in [5.74, 6) is -0.323. The van der Waals surface area contributed by atoms with Crippen LogP contribution in [0.25, 0.3) is 0 Å². The van der Waals surface area contributed by atoms with Crippen molar-refractivity contribution >= 4 is 11.7 Å². The van der Waals surface area contributed by atoms with Crippen LogP contribution in [0.3, 0.4) is 0 Å². The zero-order valence-corrected chi connectivity index (χ0v) is 11.0. The molecule has 2 rings (SSSR count). The van der Waals surface area contributed by atoms with Crippen LogP contribution in [0.1, 0.15) is 55.8 Å². The van der Waals surface area contributed by atoms with Crippen molar-refractivity contribution in [1.29, 1.82) is 0 Å². The largest absolute Gasteiger partial charge is 0.476 e. The molecule has 0 bridgehead atoms. The number of aromatic carboxylic acids is 1. The standard InChI is InChI=1S/C13H19N3O2/c1-8(2)11-14-6-9(10(16-11)12(17)18)15-7-13(3)4-5-13/h6,8,15H,4-5,7H2,1-3H3,(H,17,18). The van der Waals surface area contributed by atoms with E-state index in [4.69, 9.17) is 0 Å². The molecule has 1 heterocycles. The summed E-state index contributed by atoms with van der Waals surface area (Å²) in [6.07, 6.45) is 3.96. The van der Waals surface area contributed by atoms with E-state index in [9.17, 15) is 9.90 Å². The smallest absolute Gasteiger partial charge is 0.356 e. The van der Waals surface area contributed by atoms with E-state index in [-0.39, 0.29) is 11.6 Å². The number of anilines is 1. The van der Waals surface area contributed by atoms with Crippen LogP contribution in [0.2, 0.25) is 0 Å². The van der Waals surface area contributed by atoms with Gasteiger partial charge in [-0.1, -0.05) is 20.8 Å². The maximum atomic E-state index is 11.2. The fourth-order valence-corrected chi connectivity index (χ4v) is 1.66. The third-order valence-electron chi connectivity index (χ3n) is 3.34. The monoisotopic (exact) mass is 249 g/mol. The average Bonchev–Trinajstić information content (AvgIpc) is 3.05. The molecule has 0 atom stereocenters. The van der Waals surface area contributed by atoms with Gasteiger partial charge in [0, 0.05) is 12.5 Å². The van der Waals surface area contributed by atoms with Gasteiger partial charge in [0.2, 0.25) is 0 Å². The maximum Gasteiger partial charge on any atom is 0.356 e. The molecule has 0 spiro atoms. The number of carboxylic acid groups (broad SMARTS) is 1. The quantitative estimate of drug-likeness (QED) is 0.838. The highest BCUT2D eigenvalue weighted by molar-refractivity contribution is 5.91. The summed E-state index contributed by atoms with van der Waals surface area (Å²) in [5.41, 5.74) is 0.893. The van der Waals surface area contributed by atoms with Crippen LogP contribution in [-0.4, -0.2) is 27.6 Å². The Morgan fingerprint density at radius 3 is 2.72 bits per heavy atom. The SMILES string of the molecule is CC(C)c1ncc(NCC2(C)CC2)c(C(=O)O)n1. The predicted molar refractivity (Wildman–Crippen MR) is 68.9 cm³/mol. The highest BCUT2D eigenvalue weighted by Gasteiger charge is 2.37. The normalized spacial score (nSPS) is 16.7. The molecule has 0 unspecified atom stereocenters. The average molecular weight is 249 g/mol. The highest BCUT2D eigenvalue weighted by Crippen LogP contribution is 2.44. The topological polar surface area (TPSA) is 75.1 Å². The van der Waals surface area contributed by atoms with E-state index in [1.807, 2.05) is 13.8 Å². The molecule has 5 heteroatoms. The van der Waals surface area contributed by atoms with Gasteiger partial charge in [0.1, 0.15) is 5.82 Å². The van der Waals surface area contributed by atoms with Crippen LogP contribution in [0.15, 0.2) is 6.20 Å². The van der Waals surface area contributed by atoms with Crippen molar-refractivity contribution in [2.24, 2.45) is 5.41 Å². The second-order valence-corrected chi connectivity index (χ2v) is 5.61. The summed E-state index contributed by atoms with van der Waals surface area (Å²) in [4.78, 5) is 19.5. The number of nitrogens with zero attached hydrogens (tertiary/aromatic N) is 2. The third-order valence-corrected chi connectivity index (χ3v) is 3.34. The number of rotatable bonds is 5. The van der Waals surface area contributed by atoms with E-state index >= 15 is 0 Å². The van der Waals surface area contributed by atoms with Crippen LogP contribution >= 0.6 is 0 Å². The lowest BCUT2D eigenvalue weighted by Crippen LogP contribution is -2.17. The Labute approximate surface area is 107 Å². The molecule has 1 aromatic heterocycles. The van der Waals surface area contributed by atoms with Gasteiger partial charge in [-0.25, -0.2) is 14.8 Å². The number of nitrogens with one attached hydrogen (secondary N) is 1.